The number of nitrogens with zero attached hydrogens (tertiary/aromatic N) is 3. The first kappa shape index (κ1) is 17.7. The number of benzene rings is 1. The van der Waals surface area contributed by atoms with Gasteiger partial charge in [0.15, 0.2) is 0 Å². The van der Waals surface area contributed by atoms with Gasteiger partial charge in [-0.05, 0) is 56.8 Å². The van der Waals surface area contributed by atoms with Gasteiger partial charge in [0, 0.05) is 25.7 Å². The molecule has 4 nitrogen and oxygen atoms in total. The highest BCUT2D eigenvalue weighted by Gasteiger charge is 2.35. The predicted octanol–water partition coefficient (Wildman–Crippen LogP) is 3.23. The van der Waals surface area contributed by atoms with E-state index in [1.807, 2.05) is 0 Å². The molecule has 2 fully saturated rings. The highest BCUT2D eigenvalue weighted by Crippen LogP contribution is 2.30. The largest absolute Gasteiger partial charge is 0.327 e. The molecule has 2 aromatic rings. The van der Waals surface area contributed by atoms with Crippen molar-refractivity contribution in [3.05, 3.63) is 30.1 Å². The van der Waals surface area contributed by atoms with Crippen LogP contribution in [0.4, 0.5) is 0 Å². The zero-order valence-electron chi connectivity index (χ0n) is 14.8. The molecule has 132 valence electrons. The fourth-order valence-electron chi connectivity index (χ4n) is 4.44. The molecule has 0 amide bonds. The third-order valence-electron chi connectivity index (χ3n) is 5.78. The number of aryl methyl sites for hydroxylation is 1. The monoisotopic (exact) mass is 348 g/mol. The van der Waals surface area contributed by atoms with Gasteiger partial charge in [-0.15, -0.1) is 12.4 Å². The van der Waals surface area contributed by atoms with Crippen LogP contribution in [-0.4, -0.2) is 46.7 Å². The Bertz CT molecular complexity index is 690. The minimum Gasteiger partial charge on any atom is -0.327 e. The molecule has 2 aliphatic heterocycles. The van der Waals surface area contributed by atoms with Gasteiger partial charge in [0.05, 0.1) is 11.0 Å². The lowest BCUT2D eigenvalue weighted by atomic mass is 9.89. The Labute approximate surface area is 151 Å². The van der Waals surface area contributed by atoms with Gasteiger partial charge < -0.3 is 9.88 Å². The molecule has 2 atom stereocenters. The summed E-state index contributed by atoms with van der Waals surface area (Å²) in [5, 5.41) is 3.54. The minimum atomic E-state index is 0. The molecule has 2 aliphatic rings. The smallest absolute Gasteiger partial charge is 0.106 e. The van der Waals surface area contributed by atoms with Crippen LogP contribution >= 0.6 is 12.4 Å². The van der Waals surface area contributed by atoms with Crippen molar-refractivity contribution in [2.75, 3.05) is 26.2 Å². The summed E-state index contributed by atoms with van der Waals surface area (Å²) in [6, 6.07) is 9.18. The lowest BCUT2D eigenvalue weighted by Gasteiger charge is -2.33. The van der Waals surface area contributed by atoms with E-state index in [1.165, 1.54) is 51.0 Å². The molecule has 24 heavy (non-hydrogen) atoms. The average Bonchev–Trinajstić information content (AvgIpc) is 3.22. The lowest BCUT2D eigenvalue weighted by molar-refractivity contribution is 0.154. The van der Waals surface area contributed by atoms with E-state index in [1.54, 1.807) is 0 Å². The molecule has 1 N–H and O–H groups in total. The van der Waals surface area contributed by atoms with Crippen molar-refractivity contribution in [2.24, 2.45) is 5.41 Å². The van der Waals surface area contributed by atoms with E-state index in [-0.39, 0.29) is 12.4 Å². The van der Waals surface area contributed by atoms with Gasteiger partial charge in [-0.2, -0.15) is 0 Å². The van der Waals surface area contributed by atoms with E-state index >= 15 is 0 Å². The number of halogens is 1. The number of hydrogen-bond acceptors (Lipinski definition) is 3. The lowest BCUT2D eigenvalue weighted by Crippen LogP contribution is -2.41. The molecule has 0 spiro atoms. The Kier molecular flexibility index (Phi) is 5.19. The molecule has 5 heteroatoms. The Hall–Kier alpha value is -1.10. The summed E-state index contributed by atoms with van der Waals surface area (Å²) < 4.78 is 2.42. The molecule has 3 heterocycles. The van der Waals surface area contributed by atoms with Gasteiger partial charge in [-0.3, -0.25) is 4.90 Å². The standard InChI is InChI=1S/C19H28N4.ClH/c1-15-21-17-7-3-4-8-18(17)23(15)12-16-6-5-11-22(16)14-19(2)9-10-20-13-19;/h3-4,7-8,16,20H,5-6,9-14H2,1-2H3;1H. The molecule has 0 saturated carbocycles. The third-order valence-corrected chi connectivity index (χ3v) is 5.78. The number of rotatable bonds is 4. The fraction of sp³-hybridized carbons (Fsp3) is 0.632. The zero-order chi connectivity index (χ0) is 15.9. The van der Waals surface area contributed by atoms with E-state index in [0.717, 1.165) is 17.9 Å². The average molecular weight is 349 g/mol. The van der Waals surface area contributed by atoms with Gasteiger partial charge in [-0.25, -0.2) is 4.98 Å². The van der Waals surface area contributed by atoms with Crippen LogP contribution in [-0.2, 0) is 6.54 Å². The second-order valence-corrected chi connectivity index (χ2v) is 7.76. The number of aromatic nitrogens is 2. The highest BCUT2D eigenvalue weighted by molar-refractivity contribution is 5.85. The minimum absolute atomic E-state index is 0. The van der Waals surface area contributed by atoms with Crippen LogP contribution in [0.5, 0.6) is 0 Å². The Morgan fingerprint density at radius 3 is 2.96 bits per heavy atom. The number of fused-ring (bicyclic) bond motifs is 1. The quantitative estimate of drug-likeness (QED) is 0.920. The van der Waals surface area contributed by atoms with E-state index in [9.17, 15) is 0 Å². The van der Waals surface area contributed by atoms with E-state index in [0.29, 0.717) is 11.5 Å². The number of imidazole rings is 1. The van der Waals surface area contributed by atoms with Gasteiger partial charge in [0.2, 0.25) is 0 Å². The van der Waals surface area contributed by atoms with Crippen molar-refractivity contribution in [3.8, 4) is 0 Å². The van der Waals surface area contributed by atoms with Crippen molar-refractivity contribution < 1.29 is 0 Å². The van der Waals surface area contributed by atoms with Crippen molar-refractivity contribution in [1.82, 2.24) is 19.8 Å². The SMILES string of the molecule is Cc1nc2ccccc2n1CC1CCCN1CC1(C)CCNC1.Cl. The second kappa shape index (κ2) is 7.03. The second-order valence-electron chi connectivity index (χ2n) is 7.76. The van der Waals surface area contributed by atoms with Crippen LogP contribution in [0.2, 0.25) is 0 Å². The Balaban J connectivity index is 0.00000169. The number of para-hydroxylation sites is 2. The normalized spacial score (nSPS) is 27.7. The molecule has 1 aromatic heterocycles. The first-order valence-corrected chi connectivity index (χ1v) is 9.01. The van der Waals surface area contributed by atoms with Gasteiger partial charge in [-0.1, -0.05) is 19.1 Å². The van der Waals surface area contributed by atoms with Gasteiger partial charge in [0.25, 0.3) is 0 Å². The van der Waals surface area contributed by atoms with Crippen LogP contribution < -0.4 is 5.32 Å². The first-order valence-electron chi connectivity index (χ1n) is 9.01. The van der Waals surface area contributed by atoms with Crippen molar-refractivity contribution in [3.63, 3.8) is 0 Å². The molecule has 2 saturated heterocycles. The summed E-state index contributed by atoms with van der Waals surface area (Å²) >= 11 is 0. The summed E-state index contributed by atoms with van der Waals surface area (Å²) in [6.45, 7) is 10.5. The molecule has 1 aromatic carbocycles. The van der Waals surface area contributed by atoms with E-state index < -0.39 is 0 Å². The summed E-state index contributed by atoms with van der Waals surface area (Å²) in [6.07, 6.45) is 3.96. The van der Waals surface area contributed by atoms with Crippen molar-refractivity contribution in [2.45, 2.75) is 45.7 Å². The highest BCUT2D eigenvalue weighted by atomic mass is 35.5. The maximum Gasteiger partial charge on any atom is 0.106 e. The van der Waals surface area contributed by atoms with Crippen molar-refractivity contribution in [1.29, 1.82) is 0 Å². The summed E-state index contributed by atoms with van der Waals surface area (Å²) in [5.41, 5.74) is 2.86. The van der Waals surface area contributed by atoms with Crippen LogP contribution in [0.3, 0.4) is 0 Å². The molecule has 0 aliphatic carbocycles. The maximum absolute atomic E-state index is 4.73. The van der Waals surface area contributed by atoms with E-state index in [4.69, 9.17) is 4.98 Å². The van der Waals surface area contributed by atoms with Gasteiger partial charge in [0.1, 0.15) is 5.82 Å². The zero-order valence-corrected chi connectivity index (χ0v) is 15.6. The summed E-state index contributed by atoms with van der Waals surface area (Å²) in [4.78, 5) is 7.47. The maximum atomic E-state index is 4.73. The summed E-state index contributed by atoms with van der Waals surface area (Å²) in [5.74, 6) is 1.15. The number of hydrogen-bond donors (Lipinski definition) is 1. The van der Waals surface area contributed by atoms with Crippen LogP contribution in [0.15, 0.2) is 24.3 Å². The van der Waals surface area contributed by atoms with Crippen LogP contribution in [0.25, 0.3) is 11.0 Å². The molecular formula is C19H29ClN4. The van der Waals surface area contributed by atoms with Crippen LogP contribution in [0.1, 0.15) is 32.0 Å². The predicted molar refractivity (Wildman–Crippen MR) is 102 cm³/mol. The molecule has 0 bridgehead atoms. The molecule has 0 radical (unpaired) electrons. The third kappa shape index (κ3) is 3.32. The van der Waals surface area contributed by atoms with Crippen molar-refractivity contribution >= 4 is 23.4 Å². The van der Waals surface area contributed by atoms with E-state index in [2.05, 4.69) is 52.9 Å². The molecular weight excluding hydrogens is 320 g/mol. The number of likely N-dealkylation sites (tertiary alicyclic amines) is 1. The number of nitrogens with one attached hydrogen (secondary N) is 1. The van der Waals surface area contributed by atoms with Crippen LogP contribution in [0, 0.1) is 12.3 Å². The Morgan fingerprint density at radius 1 is 1.33 bits per heavy atom. The molecule has 4 rings (SSSR count). The topological polar surface area (TPSA) is 33.1 Å². The Morgan fingerprint density at radius 2 is 2.17 bits per heavy atom. The summed E-state index contributed by atoms with van der Waals surface area (Å²) in [7, 11) is 0. The van der Waals surface area contributed by atoms with Gasteiger partial charge >= 0.3 is 0 Å². The first-order chi connectivity index (χ1) is 11.1. The fourth-order valence-corrected chi connectivity index (χ4v) is 4.44. The molecule has 2 unspecified atom stereocenters.